The fourth-order valence-corrected chi connectivity index (χ4v) is 4.87. The Kier molecular flexibility index (Phi) is 5.58. The monoisotopic (exact) mass is 429 g/mol. The van der Waals surface area contributed by atoms with Crippen molar-refractivity contribution < 1.29 is 19.4 Å². The van der Waals surface area contributed by atoms with Crippen LogP contribution in [0.4, 0.5) is 5.69 Å². The Labute approximate surface area is 187 Å². The van der Waals surface area contributed by atoms with Gasteiger partial charge >= 0.3 is 0 Å². The highest BCUT2D eigenvalue weighted by Gasteiger charge is 2.35. The fourth-order valence-electron chi connectivity index (χ4n) is 4.87. The predicted molar refractivity (Wildman–Crippen MR) is 126 cm³/mol. The lowest BCUT2D eigenvalue weighted by molar-refractivity contribution is -0.116. The van der Waals surface area contributed by atoms with Gasteiger partial charge in [-0.2, -0.15) is 0 Å². The molecule has 0 fully saturated rings. The van der Waals surface area contributed by atoms with Crippen molar-refractivity contribution >= 4 is 27.8 Å². The van der Waals surface area contributed by atoms with Gasteiger partial charge in [-0.3, -0.25) is 4.79 Å². The molecule has 1 unspecified atom stereocenters. The van der Waals surface area contributed by atoms with E-state index in [1.54, 1.807) is 0 Å². The Morgan fingerprint density at radius 3 is 2.75 bits per heavy atom. The van der Waals surface area contributed by atoms with E-state index >= 15 is 0 Å². The summed E-state index contributed by atoms with van der Waals surface area (Å²) in [6.45, 7) is 2.56. The number of aliphatic hydroxyl groups excluding tert-OH is 1. The Morgan fingerprint density at radius 2 is 1.91 bits per heavy atom. The van der Waals surface area contributed by atoms with Crippen LogP contribution in [0, 0.1) is 0 Å². The third-order valence-electron chi connectivity index (χ3n) is 6.24. The van der Waals surface area contributed by atoms with Gasteiger partial charge in [0, 0.05) is 22.9 Å². The summed E-state index contributed by atoms with van der Waals surface area (Å²) in [5, 5.41) is 15.2. The van der Waals surface area contributed by atoms with Gasteiger partial charge in [0.2, 0.25) is 0 Å². The highest BCUT2D eigenvalue weighted by molar-refractivity contribution is 6.11. The molecule has 0 saturated carbocycles. The van der Waals surface area contributed by atoms with Gasteiger partial charge < -0.3 is 19.9 Å². The largest absolute Gasteiger partial charge is 0.490 e. The lowest BCUT2D eigenvalue weighted by atomic mass is 9.77. The molecule has 0 spiro atoms. The second-order valence-electron chi connectivity index (χ2n) is 8.17. The van der Waals surface area contributed by atoms with E-state index in [0.29, 0.717) is 24.5 Å². The molecule has 0 aromatic heterocycles. The molecule has 2 aliphatic rings. The number of carbonyl (C=O) groups excluding carboxylic acids is 1. The van der Waals surface area contributed by atoms with Crippen LogP contribution in [0.2, 0.25) is 0 Å². The maximum Gasteiger partial charge on any atom is 0.161 e. The normalized spacial score (nSPS) is 17.6. The molecule has 1 atom stereocenters. The molecular weight excluding hydrogens is 402 g/mol. The van der Waals surface area contributed by atoms with Crippen LogP contribution in [0.3, 0.4) is 0 Å². The van der Waals surface area contributed by atoms with Crippen molar-refractivity contribution in [3.63, 3.8) is 0 Å². The number of aliphatic hydroxyl groups is 1. The molecule has 1 aliphatic heterocycles. The van der Waals surface area contributed by atoms with E-state index < -0.39 is 0 Å². The van der Waals surface area contributed by atoms with Crippen LogP contribution in [-0.2, 0) is 4.79 Å². The standard InChI is InChI=1S/C27H27NO4/c1-2-31-24-16-18(11-13-23(24)32-15-14-29)26-25-20(8-5-9-22(25)30)21-12-10-17-6-3-4-7-19(17)27(21)28-26/h3-4,6-7,10-13,16,26,28-29H,2,5,8-9,14-15H2,1H3. The quantitative estimate of drug-likeness (QED) is 0.558. The molecule has 0 radical (unpaired) electrons. The maximum absolute atomic E-state index is 13.1. The first-order chi connectivity index (χ1) is 15.7. The second kappa shape index (κ2) is 8.67. The van der Waals surface area contributed by atoms with Crippen LogP contribution in [0.1, 0.15) is 43.4 Å². The molecule has 5 rings (SSSR count). The molecule has 3 aromatic rings. The minimum atomic E-state index is -0.248. The zero-order valence-corrected chi connectivity index (χ0v) is 18.2. The highest BCUT2D eigenvalue weighted by Crippen LogP contribution is 2.48. The van der Waals surface area contributed by atoms with E-state index in [4.69, 9.17) is 14.6 Å². The molecule has 2 N–H and O–H groups in total. The molecule has 0 amide bonds. The van der Waals surface area contributed by atoms with E-state index in [1.165, 1.54) is 5.39 Å². The minimum absolute atomic E-state index is 0.0634. The number of rotatable bonds is 6. The summed E-state index contributed by atoms with van der Waals surface area (Å²) in [5.41, 5.74) is 5.21. The van der Waals surface area contributed by atoms with Crippen LogP contribution >= 0.6 is 0 Å². The topological polar surface area (TPSA) is 67.8 Å². The first-order valence-electron chi connectivity index (χ1n) is 11.3. The molecule has 0 bridgehead atoms. The zero-order valence-electron chi connectivity index (χ0n) is 18.2. The first-order valence-corrected chi connectivity index (χ1v) is 11.3. The third kappa shape index (κ3) is 3.53. The van der Waals surface area contributed by atoms with Gasteiger partial charge in [-0.05, 0) is 48.4 Å². The zero-order chi connectivity index (χ0) is 22.1. The van der Waals surface area contributed by atoms with Gasteiger partial charge in [0.1, 0.15) is 6.61 Å². The van der Waals surface area contributed by atoms with Crippen LogP contribution in [0.5, 0.6) is 11.5 Å². The number of benzene rings is 3. The van der Waals surface area contributed by atoms with Gasteiger partial charge in [-0.25, -0.2) is 0 Å². The lowest BCUT2D eigenvalue weighted by Gasteiger charge is -2.35. The van der Waals surface area contributed by atoms with E-state index in [9.17, 15) is 4.79 Å². The number of Topliss-reactive ketones (excluding diaryl/α,β-unsaturated/α-hetero) is 1. The predicted octanol–water partition coefficient (Wildman–Crippen LogP) is 5.28. The summed E-state index contributed by atoms with van der Waals surface area (Å²) in [4.78, 5) is 13.1. The van der Waals surface area contributed by atoms with Gasteiger partial charge in [0.05, 0.1) is 24.9 Å². The van der Waals surface area contributed by atoms with E-state index in [0.717, 1.165) is 46.2 Å². The van der Waals surface area contributed by atoms with E-state index in [1.807, 2.05) is 31.2 Å². The van der Waals surface area contributed by atoms with Crippen molar-refractivity contribution in [3.05, 3.63) is 71.3 Å². The Bertz CT molecular complexity index is 1210. The number of nitrogens with one attached hydrogen (secondary N) is 1. The SMILES string of the molecule is CCOc1cc(C2Nc3c(ccc4ccccc34)C3=C2C(=O)CCC3)ccc1OCCO. The number of hydrogen-bond acceptors (Lipinski definition) is 5. The molecular formula is C27H27NO4. The van der Waals surface area contributed by atoms with Gasteiger partial charge in [0.15, 0.2) is 17.3 Å². The summed E-state index contributed by atoms with van der Waals surface area (Å²) in [5.74, 6) is 1.42. The van der Waals surface area contributed by atoms with Crippen LogP contribution in [0.25, 0.3) is 16.3 Å². The number of hydrogen-bond donors (Lipinski definition) is 2. The average Bonchev–Trinajstić information content (AvgIpc) is 2.83. The average molecular weight is 430 g/mol. The number of carbonyl (C=O) groups is 1. The van der Waals surface area contributed by atoms with E-state index in [2.05, 4.69) is 35.6 Å². The summed E-state index contributed by atoms with van der Waals surface area (Å²) in [6.07, 6.45) is 2.37. The van der Waals surface area contributed by atoms with Crippen molar-refractivity contribution in [1.82, 2.24) is 0 Å². The summed E-state index contributed by atoms with van der Waals surface area (Å²) in [7, 11) is 0. The summed E-state index contributed by atoms with van der Waals surface area (Å²) < 4.78 is 11.5. The van der Waals surface area contributed by atoms with Crippen LogP contribution in [0.15, 0.2) is 60.2 Å². The molecule has 3 aromatic carbocycles. The van der Waals surface area contributed by atoms with Crippen LogP contribution in [-0.4, -0.2) is 30.7 Å². The molecule has 1 aliphatic carbocycles. The number of ether oxygens (including phenoxy) is 2. The number of ketones is 1. The van der Waals surface area contributed by atoms with Crippen molar-refractivity contribution in [2.45, 2.75) is 32.2 Å². The van der Waals surface area contributed by atoms with E-state index in [-0.39, 0.29) is 25.0 Å². The summed E-state index contributed by atoms with van der Waals surface area (Å²) in [6, 6.07) is 18.2. The van der Waals surface area contributed by atoms with Crippen molar-refractivity contribution in [2.75, 3.05) is 25.1 Å². The highest BCUT2D eigenvalue weighted by atomic mass is 16.5. The van der Waals surface area contributed by atoms with Gasteiger partial charge in [-0.1, -0.05) is 42.5 Å². The Balaban J connectivity index is 1.66. The van der Waals surface area contributed by atoms with Crippen molar-refractivity contribution in [1.29, 1.82) is 0 Å². The minimum Gasteiger partial charge on any atom is -0.490 e. The molecule has 164 valence electrons. The second-order valence-corrected chi connectivity index (χ2v) is 8.17. The molecule has 5 heteroatoms. The number of allylic oxidation sites excluding steroid dienone is 1. The van der Waals surface area contributed by atoms with Crippen LogP contribution < -0.4 is 14.8 Å². The van der Waals surface area contributed by atoms with Gasteiger partial charge in [0.25, 0.3) is 0 Å². The van der Waals surface area contributed by atoms with Crippen molar-refractivity contribution in [3.8, 4) is 11.5 Å². The number of anilines is 1. The molecule has 32 heavy (non-hydrogen) atoms. The summed E-state index contributed by atoms with van der Waals surface area (Å²) >= 11 is 0. The lowest BCUT2D eigenvalue weighted by Crippen LogP contribution is -2.27. The maximum atomic E-state index is 13.1. The Morgan fingerprint density at radius 1 is 1.03 bits per heavy atom. The smallest absolute Gasteiger partial charge is 0.161 e. The first kappa shape index (κ1) is 20.6. The molecule has 1 heterocycles. The van der Waals surface area contributed by atoms with Crippen molar-refractivity contribution in [2.24, 2.45) is 0 Å². The third-order valence-corrected chi connectivity index (χ3v) is 6.24. The van der Waals surface area contributed by atoms with Gasteiger partial charge in [-0.15, -0.1) is 0 Å². The number of fused-ring (bicyclic) bond motifs is 4. The Hall–Kier alpha value is -3.31. The molecule has 5 nitrogen and oxygen atoms in total. The fraction of sp³-hybridized carbons (Fsp3) is 0.296. The molecule has 0 saturated heterocycles.